The van der Waals surface area contributed by atoms with Crippen molar-refractivity contribution < 1.29 is 0 Å². The smallest absolute Gasteiger partial charge is 0.0348 e. The van der Waals surface area contributed by atoms with Gasteiger partial charge in [-0.05, 0) is 42.5 Å². The first-order chi connectivity index (χ1) is 6.09. The third-order valence-electron chi connectivity index (χ3n) is 2.16. The minimum absolute atomic E-state index is 0.709. The van der Waals surface area contributed by atoms with E-state index in [-0.39, 0.29) is 0 Å². The molecule has 0 saturated carbocycles. The summed E-state index contributed by atoms with van der Waals surface area (Å²) in [4.78, 5) is 0. The van der Waals surface area contributed by atoms with Crippen LogP contribution in [0.3, 0.4) is 0 Å². The van der Waals surface area contributed by atoms with Crippen LogP contribution in [0, 0.1) is 5.92 Å². The fourth-order valence-electron chi connectivity index (χ4n) is 1.29. The molecule has 0 unspecified atom stereocenters. The van der Waals surface area contributed by atoms with E-state index in [1.54, 1.807) is 0 Å². The van der Waals surface area contributed by atoms with Crippen LogP contribution in [0.2, 0.25) is 0 Å². The van der Waals surface area contributed by atoms with Crippen molar-refractivity contribution in [1.29, 1.82) is 0 Å². The van der Waals surface area contributed by atoms with Gasteiger partial charge in [-0.1, -0.05) is 13.8 Å². The Kier molecular flexibility index (Phi) is 3.18. The van der Waals surface area contributed by atoms with Gasteiger partial charge < -0.3 is 11.5 Å². The first-order valence-corrected chi connectivity index (χ1v) is 4.73. The summed E-state index contributed by atoms with van der Waals surface area (Å²) >= 11 is 0. The molecule has 4 N–H and O–H groups in total. The second-order valence-electron chi connectivity index (χ2n) is 3.89. The normalized spacial score (nSPS) is 10.7. The van der Waals surface area contributed by atoms with Gasteiger partial charge in [-0.2, -0.15) is 0 Å². The topological polar surface area (TPSA) is 52.0 Å². The van der Waals surface area contributed by atoms with E-state index in [9.17, 15) is 0 Å². The molecule has 1 rings (SSSR count). The lowest BCUT2D eigenvalue weighted by Gasteiger charge is -2.08. The molecule has 0 fully saturated rings. The van der Waals surface area contributed by atoms with Gasteiger partial charge in [0.2, 0.25) is 0 Å². The number of hydrogen-bond donors (Lipinski definition) is 2. The predicted octanol–water partition coefficient (Wildman–Crippen LogP) is 2.44. The van der Waals surface area contributed by atoms with Crippen molar-refractivity contribution in [3.8, 4) is 0 Å². The molecule has 72 valence electrons. The molecule has 1 aromatic carbocycles. The van der Waals surface area contributed by atoms with Crippen LogP contribution in [-0.4, -0.2) is 0 Å². The molecule has 13 heavy (non-hydrogen) atoms. The van der Waals surface area contributed by atoms with Crippen molar-refractivity contribution >= 4 is 11.4 Å². The summed E-state index contributed by atoms with van der Waals surface area (Å²) < 4.78 is 0. The molecule has 0 radical (unpaired) electrons. The third kappa shape index (κ3) is 2.98. The molecular formula is C11H18N2. The van der Waals surface area contributed by atoms with Crippen molar-refractivity contribution in [3.05, 3.63) is 23.8 Å². The highest BCUT2D eigenvalue weighted by atomic mass is 14.6. The predicted molar refractivity (Wildman–Crippen MR) is 58.4 cm³/mol. The fourth-order valence-corrected chi connectivity index (χ4v) is 1.29. The zero-order valence-electron chi connectivity index (χ0n) is 8.38. The molecule has 0 atom stereocenters. The van der Waals surface area contributed by atoms with E-state index < -0.39 is 0 Å². The van der Waals surface area contributed by atoms with Gasteiger partial charge in [0.25, 0.3) is 0 Å². The lowest BCUT2D eigenvalue weighted by molar-refractivity contribution is 0.587. The first kappa shape index (κ1) is 9.90. The average molecular weight is 178 g/mol. The van der Waals surface area contributed by atoms with E-state index in [1.165, 1.54) is 5.56 Å². The summed E-state index contributed by atoms with van der Waals surface area (Å²) in [5.74, 6) is 0.709. The molecule has 0 aliphatic heterocycles. The maximum absolute atomic E-state index is 5.82. The molecule has 0 heterocycles. The zero-order chi connectivity index (χ0) is 9.84. The number of rotatable bonds is 3. The van der Waals surface area contributed by atoms with Gasteiger partial charge in [0.1, 0.15) is 0 Å². The van der Waals surface area contributed by atoms with Crippen LogP contribution >= 0.6 is 0 Å². The van der Waals surface area contributed by atoms with Gasteiger partial charge in [0, 0.05) is 11.4 Å². The highest BCUT2D eigenvalue weighted by Crippen LogP contribution is 2.18. The number of hydrogen-bond acceptors (Lipinski definition) is 2. The molecule has 1 aromatic rings. The number of nitrogen functional groups attached to an aromatic ring is 2. The average Bonchev–Trinajstić information content (AvgIpc) is 2.06. The van der Waals surface area contributed by atoms with Crippen molar-refractivity contribution in [2.45, 2.75) is 26.7 Å². The van der Waals surface area contributed by atoms with Crippen LogP contribution < -0.4 is 11.5 Å². The van der Waals surface area contributed by atoms with E-state index >= 15 is 0 Å². The first-order valence-electron chi connectivity index (χ1n) is 4.73. The second kappa shape index (κ2) is 4.17. The lowest BCUT2D eigenvalue weighted by Crippen LogP contribution is -1.98. The maximum Gasteiger partial charge on any atom is 0.0348 e. The Hall–Kier alpha value is -1.18. The molecule has 2 heteroatoms. The van der Waals surface area contributed by atoms with Crippen molar-refractivity contribution in [1.82, 2.24) is 0 Å². The van der Waals surface area contributed by atoms with E-state index in [0.29, 0.717) is 5.92 Å². The summed E-state index contributed by atoms with van der Waals surface area (Å²) in [6, 6.07) is 5.69. The quantitative estimate of drug-likeness (QED) is 0.698. The third-order valence-corrected chi connectivity index (χ3v) is 2.16. The van der Waals surface area contributed by atoms with Crippen molar-refractivity contribution in [3.63, 3.8) is 0 Å². The van der Waals surface area contributed by atoms with Crippen molar-refractivity contribution in [2.75, 3.05) is 11.5 Å². The fraction of sp³-hybridized carbons (Fsp3) is 0.455. The van der Waals surface area contributed by atoms with E-state index in [4.69, 9.17) is 11.5 Å². The molecule has 0 spiro atoms. The van der Waals surface area contributed by atoms with Crippen LogP contribution in [0.25, 0.3) is 0 Å². The standard InChI is InChI=1S/C11H18N2/c1-8(2)3-4-9-7-10(12)5-6-11(9)13/h5-8H,3-4,12-13H2,1-2H3. The van der Waals surface area contributed by atoms with Crippen LogP contribution in [-0.2, 0) is 6.42 Å². The Morgan fingerprint density at radius 3 is 2.54 bits per heavy atom. The second-order valence-corrected chi connectivity index (χ2v) is 3.89. The molecule has 2 nitrogen and oxygen atoms in total. The zero-order valence-corrected chi connectivity index (χ0v) is 8.38. The summed E-state index contributed by atoms with van der Waals surface area (Å²) in [5, 5.41) is 0. The molecular weight excluding hydrogens is 160 g/mol. The number of anilines is 2. The van der Waals surface area contributed by atoms with Gasteiger partial charge in [0.05, 0.1) is 0 Å². The summed E-state index contributed by atoms with van der Waals surface area (Å²) in [5.41, 5.74) is 14.3. The Balaban J connectivity index is 2.70. The highest BCUT2D eigenvalue weighted by Gasteiger charge is 2.01. The van der Waals surface area contributed by atoms with Gasteiger partial charge in [-0.15, -0.1) is 0 Å². The summed E-state index contributed by atoms with van der Waals surface area (Å²) in [6.45, 7) is 4.42. The van der Waals surface area contributed by atoms with Gasteiger partial charge in [-0.25, -0.2) is 0 Å². The van der Waals surface area contributed by atoms with Crippen LogP contribution in [0.15, 0.2) is 18.2 Å². The number of benzene rings is 1. The van der Waals surface area contributed by atoms with E-state index in [2.05, 4.69) is 13.8 Å². The monoisotopic (exact) mass is 178 g/mol. The maximum atomic E-state index is 5.82. The number of aryl methyl sites for hydroxylation is 1. The SMILES string of the molecule is CC(C)CCc1cc(N)ccc1N. The Morgan fingerprint density at radius 1 is 1.23 bits per heavy atom. The summed E-state index contributed by atoms with van der Waals surface area (Å²) in [6.07, 6.45) is 2.18. The number of nitrogens with two attached hydrogens (primary N) is 2. The molecule has 0 saturated heterocycles. The van der Waals surface area contributed by atoms with Gasteiger partial charge in [-0.3, -0.25) is 0 Å². The molecule has 0 bridgehead atoms. The van der Waals surface area contributed by atoms with Crippen molar-refractivity contribution in [2.24, 2.45) is 5.92 Å². The van der Waals surface area contributed by atoms with Gasteiger partial charge >= 0.3 is 0 Å². The summed E-state index contributed by atoms with van der Waals surface area (Å²) in [7, 11) is 0. The van der Waals surface area contributed by atoms with Crippen LogP contribution in [0.5, 0.6) is 0 Å². The van der Waals surface area contributed by atoms with Gasteiger partial charge in [0.15, 0.2) is 0 Å². The van der Waals surface area contributed by atoms with E-state index in [1.807, 2.05) is 18.2 Å². The minimum atomic E-state index is 0.709. The molecule has 0 amide bonds. The Bertz CT molecular complexity index is 279. The Labute approximate surface area is 79.9 Å². The van der Waals surface area contributed by atoms with E-state index in [0.717, 1.165) is 24.2 Å². The Morgan fingerprint density at radius 2 is 1.92 bits per heavy atom. The highest BCUT2D eigenvalue weighted by molar-refractivity contribution is 5.55. The van der Waals surface area contributed by atoms with Crippen LogP contribution in [0.4, 0.5) is 11.4 Å². The largest absolute Gasteiger partial charge is 0.399 e. The minimum Gasteiger partial charge on any atom is -0.399 e. The molecule has 0 aromatic heterocycles. The van der Waals surface area contributed by atoms with Crippen LogP contribution in [0.1, 0.15) is 25.8 Å². The molecule has 0 aliphatic carbocycles. The lowest BCUT2D eigenvalue weighted by atomic mass is 10.0. The molecule has 0 aliphatic rings.